The topological polar surface area (TPSA) is 84.4 Å². The lowest BCUT2D eigenvalue weighted by molar-refractivity contribution is 0.0438. The molecule has 1 spiro atoms. The maximum Gasteiger partial charge on any atom is 0.407 e. The Morgan fingerprint density at radius 3 is 3.04 bits per heavy atom. The highest BCUT2D eigenvalue weighted by Crippen LogP contribution is 2.29. The van der Waals surface area contributed by atoms with Crippen LogP contribution in [0, 0.1) is 0 Å². The average molecular weight is 318 g/mol. The van der Waals surface area contributed by atoms with E-state index in [1.165, 1.54) is 6.33 Å². The molecule has 1 N–H and O–H groups in total. The number of carbonyl (C=O) groups is 2. The zero-order valence-corrected chi connectivity index (χ0v) is 13.4. The molecule has 7 nitrogen and oxygen atoms in total. The molecule has 1 aromatic heterocycles. The highest BCUT2D eigenvalue weighted by atomic mass is 16.6. The minimum absolute atomic E-state index is 0.0246. The molecule has 2 amide bonds. The maximum atomic E-state index is 12.8. The van der Waals surface area contributed by atoms with Gasteiger partial charge < -0.3 is 15.0 Å². The van der Waals surface area contributed by atoms with Gasteiger partial charge in [-0.15, -0.1) is 0 Å². The lowest BCUT2D eigenvalue weighted by Crippen LogP contribution is -2.37. The summed E-state index contributed by atoms with van der Waals surface area (Å²) in [7, 11) is 0. The number of ether oxygens (including phenoxy) is 1. The minimum atomic E-state index is -0.453. The van der Waals surface area contributed by atoms with Crippen molar-refractivity contribution in [2.45, 2.75) is 44.6 Å². The van der Waals surface area contributed by atoms with Gasteiger partial charge in [-0.05, 0) is 19.3 Å². The van der Waals surface area contributed by atoms with Crippen LogP contribution in [0.3, 0.4) is 0 Å². The summed E-state index contributed by atoms with van der Waals surface area (Å²) in [4.78, 5) is 34.3. The molecule has 23 heavy (non-hydrogen) atoms. The number of carbonyl (C=O) groups excluding carboxylic acids is 2. The molecular formula is C16H22N4O3. The number of hydrogen-bond acceptors (Lipinski definition) is 5. The molecular weight excluding hydrogens is 296 g/mol. The minimum Gasteiger partial charge on any atom is -0.441 e. The van der Waals surface area contributed by atoms with Crippen molar-refractivity contribution in [1.29, 1.82) is 0 Å². The van der Waals surface area contributed by atoms with Gasteiger partial charge in [0.2, 0.25) is 0 Å². The Morgan fingerprint density at radius 1 is 1.43 bits per heavy atom. The number of hydrogen-bond donors (Lipinski definition) is 1. The average Bonchev–Trinajstić information content (AvgIpc) is 2.79. The van der Waals surface area contributed by atoms with Gasteiger partial charge in [0.15, 0.2) is 0 Å². The van der Waals surface area contributed by atoms with Gasteiger partial charge in [0.25, 0.3) is 5.91 Å². The van der Waals surface area contributed by atoms with Crippen molar-refractivity contribution in [1.82, 2.24) is 20.2 Å². The third-order valence-electron chi connectivity index (χ3n) is 4.56. The second-order valence-electron chi connectivity index (χ2n) is 6.20. The molecule has 1 aromatic rings. The van der Waals surface area contributed by atoms with Gasteiger partial charge in [-0.3, -0.25) is 4.79 Å². The second-order valence-corrected chi connectivity index (χ2v) is 6.20. The number of rotatable bonds is 3. The van der Waals surface area contributed by atoms with Crippen LogP contribution in [0.15, 0.2) is 12.5 Å². The number of aryl methyl sites for hydroxylation is 1. The van der Waals surface area contributed by atoms with Crippen LogP contribution in [0.2, 0.25) is 0 Å². The Hall–Kier alpha value is -2.18. The highest BCUT2D eigenvalue weighted by Gasteiger charge is 2.42. The number of amides is 2. The van der Waals surface area contributed by atoms with Crippen molar-refractivity contribution in [2.75, 3.05) is 19.6 Å². The number of alkyl carbamates (subject to hydrolysis) is 1. The van der Waals surface area contributed by atoms with Gasteiger partial charge in [-0.1, -0.05) is 13.3 Å². The van der Waals surface area contributed by atoms with E-state index in [9.17, 15) is 9.59 Å². The van der Waals surface area contributed by atoms with Crippen LogP contribution >= 0.6 is 0 Å². The van der Waals surface area contributed by atoms with E-state index in [0.717, 1.165) is 31.4 Å². The monoisotopic (exact) mass is 318 g/mol. The first-order valence-electron chi connectivity index (χ1n) is 8.18. The van der Waals surface area contributed by atoms with E-state index in [0.29, 0.717) is 31.6 Å². The van der Waals surface area contributed by atoms with Crippen LogP contribution in [0.5, 0.6) is 0 Å². The van der Waals surface area contributed by atoms with Gasteiger partial charge in [0.05, 0.1) is 17.8 Å². The summed E-state index contributed by atoms with van der Waals surface area (Å²) in [6.45, 7) is 3.84. The number of nitrogens with one attached hydrogen (secondary N) is 1. The quantitative estimate of drug-likeness (QED) is 0.913. The fourth-order valence-corrected chi connectivity index (χ4v) is 3.29. The lowest BCUT2D eigenvalue weighted by Gasteiger charge is -2.25. The first-order chi connectivity index (χ1) is 11.1. The lowest BCUT2D eigenvalue weighted by atomic mass is 9.95. The molecule has 124 valence electrons. The van der Waals surface area contributed by atoms with E-state index in [-0.39, 0.29) is 12.0 Å². The van der Waals surface area contributed by atoms with E-state index in [2.05, 4.69) is 22.2 Å². The standard InChI is InChI=1S/C16H22N4O3/c1-2-4-13-12(9-17-11-19-13)14(21)20-7-3-5-16(6-8-20)10-18-15(22)23-16/h9,11H,2-8,10H2,1H3,(H,18,22)/t16-/m1/s1. The largest absolute Gasteiger partial charge is 0.441 e. The molecule has 0 unspecified atom stereocenters. The third-order valence-corrected chi connectivity index (χ3v) is 4.56. The fourth-order valence-electron chi connectivity index (χ4n) is 3.29. The van der Waals surface area contributed by atoms with Crippen LogP contribution in [0.1, 0.15) is 48.7 Å². The van der Waals surface area contributed by atoms with Crippen molar-refractivity contribution >= 4 is 12.0 Å². The molecule has 2 fully saturated rings. The molecule has 3 rings (SSSR count). The third kappa shape index (κ3) is 3.28. The van der Waals surface area contributed by atoms with Crippen LogP contribution < -0.4 is 5.32 Å². The molecule has 0 aromatic carbocycles. The van der Waals surface area contributed by atoms with E-state index in [1.807, 2.05) is 4.90 Å². The fraction of sp³-hybridized carbons (Fsp3) is 0.625. The summed E-state index contributed by atoms with van der Waals surface area (Å²) < 4.78 is 5.45. The summed E-state index contributed by atoms with van der Waals surface area (Å²) in [5, 5.41) is 2.72. The molecule has 2 saturated heterocycles. The molecule has 0 aliphatic carbocycles. The molecule has 2 aliphatic rings. The normalized spacial score (nSPS) is 24.2. The van der Waals surface area contributed by atoms with Crippen molar-refractivity contribution in [3.8, 4) is 0 Å². The van der Waals surface area contributed by atoms with Crippen LogP contribution in [0.4, 0.5) is 4.79 Å². The molecule has 0 radical (unpaired) electrons. The molecule has 0 saturated carbocycles. The molecule has 1 atom stereocenters. The first-order valence-corrected chi connectivity index (χ1v) is 8.18. The van der Waals surface area contributed by atoms with Crippen molar-refractivity contribution < 1.29 is 14.3 Å². The SMILES string of the molecule is CCCc1ncncc1C(=O)N1CCC[C@@]2(CC1)CNC(=O)O2. The Bertz CT molecular complexity index is 607. The van der Waals surface area contributed by atoms with Crippen LogP contribution in [0.25, 0.3) is 0 Å². The van der Waals surface area contributed by atoms with Crippen molar-refractivity contribution in [3.63, 3.8) is 0 Å². The summed E-state index contributed by atoms with van der Waals surface area (Å²) in [5.41, 5.74) is 0.943. The molecule has 7 heteroatoms. The highest BCUT2D eigenvalue weighted by molar-refractivity contribution is 5.95. The van der Waals surface area contributed by atoms with Crippen molar-refractivity contribution in [3.05, 3.63) is 23.8 Å². The Morgan fingerprint density at radius 2 is 2.30 bits per heavy atom. The van der Waals surface area contributed by atoms with E-state index in [4.69, 9.17) is 4.74 Å². The van der Waals surface area contributed by atoms with Gasteiger partial charge >= 0.3 is 6.09 Å². The van der Waals surface area contributed by atoms with Gasteiger partial charge in [0.1, 0.15) is 11.9 Å². The number of aromatic nitrogens is 2. The summed E-state index contributed by atoms with van der Waals surface area (Å²) in [6.07, 6.45) is 6.70. The zero-order valence-electron chi connectivity index (χ0n) is 13.4. The summed E-state index contributed by atoms with van der Waals surface area (Å²) in [5.74, 6) is -0.0246. The van der Waals surface area contributed by atoms with Crippen LogP contribution in [-0.4, -0.2) is 52.1 Å². The van der Waals surface area contributed by atoms with Gasteiger partial charge in [-0.2, -0.15) is 0 Å². The van der Waals surface area contributed by atoms with E-state index >= 15 is 0 Å². The van der Waals surface area contributed by atoms with E-state index in [1.54, 1.807) is 6.20 Å². The zero-order chi connectivity index (χ0) is 16.3. The predicted octanol–water partition coefficient (Wildman–Crippen LogP) is 1.53. The molecule has 3 heterocycles. The Kier molecular flexibility index (Phi) is 4.45. The second kappa shape index (κ2) is 6.52. The van der Waals surface area contributed by atoms with Crippen molar-refractivity contribution in [2.24, 2.45) is 0 Å². The Balaban J connectivity index is 1.72. The Labute approximate surface area is 135 Å². The predicted molar refractivity (Wildman–Crippen MR) is 83.0 cm³/mol. The summed E-state index contributed by atoms with van der Waals surface area (Å²) in [6, 6.07) is 0. The molecule has 0 bridgehead atoms. The number of likely N-dealkylation sites (tertiary alicyclic amines) is 1. The molecule has 2 aliphatic heterocycles. The first kappa shape index (κ1) is 15.7. The van der Waals surface area contributed by atoms with Gasteiger partial charge in [0, 0.05) is 25.7 Å². The smallest absolute Gasteiger partial charge is 0.407 e. The summed E-state index contributed by atoms with van der Waals surface area (Å²) >= 11 is 0. The van der Waals surface area contributed by atoms with Crippen LogP contribution in [-0.2, 0) is 11.2 Å². The van der Waals surface area contributed by atoms with E-state index < -0.39 is 5.60 Å². The van der Waals surface area contributed by atoms with Gasteiger partial charge in [-0.25, -0.2) is 14.8 Å². The number of nitrogens with zero attached hydrogens (tertiary/aromatic N) is 3. The maximum absolute atomic E-state index is 12.8.